The number of ether oxygens (including phenoxy) is 1. The molecule has 0 aliphatic rings. The molecule has 0 unspecified atom stereocenters. The molecule has 0 aliphatic carbocycles. The summed E-state index contributed by atoms with van der Waals surface area (Å²) < 4.78 is 5.24. The Hall–Kier alpha value is -2.30. The molecule has 0 amide bonds. The van der Waals surface area contributed by atoms with Crippen molar-refractivity contribution < 1.29 is 9.53 Å². The van der Waals surface area contributed by atoms with E-state index in [-0.39, 0.29) is 5.69 Å². The molecular weight excluding hydrogens is 266 g/mol. The molecule has 5 nitrogen and oxygen atoms in total. The summed E-state index contributed by atoms with van der Waals surface area (Å²) in [5, 5.41) is 0. The zero-order valence-electron chi connectivity index (χ0n) is 13.1. The van der Waals surface area contributed by atoms with Crippen molar-refractivity contribution in [2.75, 3.05) is 0 Å². The van der Waals surface area contributed by atoms with E-state index in [1.54, 1.807) is 36.9 Å². The number of rotatable bonds is 2. The normalized spacial score (nSPS) is 10.3. The van der Waals surface area contributed by atoms with Crippen LogP contribution in [0.2, 0.25) is 0 Å². The number of aromatic nitrogens is 3. The Balaban J connectivity index is 0.00000106. The molecule has 0 aromatic carbocycles. The average molecular weight is 287 g/mol. The van der Waals surface area contributed by atoms with Gasteiger partial charge in [-0.25, -0.2) is 9.78 Å². The summed E-state index contributed by atoms with van der Waals surface area (Å²) in [5.74, 6) is -0.432. The van der Waals surface area contributed by atoms with Crippen LogP contribution in [0.15, 0.2) is 36.9 Å². The Morgan fingerprint density at radius 2 is 1.76 bits per heavy atom. The highest BCUT2D eigenvalue weighted by Gasteiger charge is 2.18. The van der Waals surface area contributed by atoms with E-state index in [1.165, 1.54) is 0 Å². The van der Waals surface area contributed by atoms with Gasteiger partial charge in [-0.05, 0) is 32.9 Å². The van der Waals surface area contributed by atoms with Crippen LogP contribution in [-0.2, 0) is 4.74 Å². The first-order valence-corrected chi connectivity index (χ1v) is 6.91. The molecule has 0 N–H and O–H groups in total. The maximum absolute atomic E-state index is 11.8. The zero-order chi connectivity index (χ0) is 15.9. The standard InChI is InChI=1S/C14H15N3O2.C2H6/c1-14(2,3)19-13(18)11-5-4-10(8-17-11)12-9-15-6-7-16-12;1-2/h4-9H,1-3H3;1-2H3. The van der Waals surface area contributed by atoms with E-state index >= 15 is 0 Å². The van der Waals surface area contributed by atoms with Crippen molar-refractivity contribution in [3.8, 4) is 11.3 Å². The Morgan fingerprint density at radius 1 is 1.05 bits per heavy atom. The fraction of sp³-hybridized carbons (Fsp3) is 0.375. The van der Waals surface area contributed by atoms with E-state index in [9.17, 15) is 4.79 Å². The second-order valence-electron chi connectivity index (χ2n) is 5.02. The smallest absolute Gasteiger partial charge is 0.357 e. The molecule has 0 saturated carbocycles. The van der Waals surface area contributed by atoms with Crippen LogP contribution >= 0.6 is 0 Å². The molecule has 2 aromatic rings. The quantitative estimate of drug-likeness (QED) is 0.791. The summed E-state index contributed by atoms with van der Waals surface area (Å²) in [6, 6.07) is 3.40. The number of hydrogen-bond donors (Lipinski definition) is 0. The van der Waals surface area contributed by atoms with Gasteiger partial charge in [0, 0.05) is 24.2 Å². The van der Waals surface area contributed by atoms with Crippen molar-refractivity contribution in [1.29, 1.82) is 0 Å². The van der Waals surface area contributed by atoms with Crippen LogP contribution in [0.1, 0.15) is 45.1 Å². The third-order valence-corrected chi connectivity index (χ3v) is 2.23. The molecule has 2 rings (SSSR count). The van der Waals surface area contributed by atoms with Crippen LogP contribution in [0.5, 0.6) is 0 Å². The minimum atomic E-state index is -0.525. The lowest BCUT2D eigenvalue weighted by atomic mass is 10.2. The Morgan fingerprint density at radius 3 is 2.24 bits per heavy atom. The first-order chi connectivity index (χ1) is 9.96. The lowest BCUT2D eigenvalue weighted by Gasteiger charge is -2.19. The van der Waals surface area contributed by atoms with Gasteiger partial charge in [0.05, 0.1) is 11.9 Å². The highest BCUT2D eigenvalue weighted by atomic mass is 16.6. The van der Waals surface area contributed by atoms with E-state index < -0.39 is 11.6 Å². The molecule has 0 bridgehead atoms. The molecule has 2 aromatic heterocycles. The van der Waals surface area contributed by atoms with Gasteiger partial charge in [-0.15, -0.1) is 0 Å². The van der Waals surface area contributed by atoms with Gasteiger partial charge in [0.1, 0.15) is 11.3 Å². The second-order valence-corrected chi connectivity index (χ2v) is 5.02. The fourth-order valence-electron chi connectivity index (χ4n) is 1.44. The summed E-state index contributed by atoms with van der Waals surface area (Å²) in [4.78, 5) is 24.0. The van der Waals surface area contributed by atoms with Crippen molar-refractivity contribution in [3.63, 3.8) is 0 Å². The summed E-state index contributed by atoms with van der Waals surface area (Å²) in [6.45, 7) is 9.45. The van der Waals surface area contributed by atoms with E-state index in [4.69, 9.17) is 4.74 Å². The van der Waals surface area contributed by atoms with Gasteiger partial charge in [-0.2, -0.15) is 0 Å². The van der Waals surface area contributed by atoms with Gasteiger partial charge in [-0.1, -0.05) is 13.8 Å². The molecule has 112 valence electrons. The fourth-order valence-corrected chi connectivity index (χ4v) is 1.44. The molecular formula is C16H21N3O2. The third kappa shape index (κ3) is 5.30. The number of nitrogens with zero attached hydrogens (tertiary/aromatic N) is 3. The molecule has 21 heavy (non-hydrogen) atoms. The number of carbonyl (C=O) groups excluding carboxylic acids is 1. The van der Waals surface area contributed by atoms with Gasteiger partial charge < -0.3 is 4.74 Å². The SMILES string of the molecule is CC.CC(C)(C)OC(=O)c1ccc(-c2cnccn2)cn1. The highest BCUT2D eigenvalue weighted by molar-refractivity contribution is 5.87. The van der Waals surface area contributed by atoms with Gasteiger partial charge in [0.2, 0.25) is 0 Å². The van der Waals surface area contributed by atoms with Gasteiger partial charge >= 0.3 is 5.97 Å². The Bertz CT molecular complexity index is 560. The number of esters is 1. The van der Waals surface area contributed by atoms with Gasteiger partial charge in [0.25, 0.3) is 0 Å². The lowest BCUT2D eigenvalue weighted by molar-refractivity contribution is 0.00629. The molecule has 0 fully saturated rings. The Kier molecular flexibility index (Phi) is 5.96. The van der Waals surface area contributed by atoms with Crippen molar-refractivity contribution >= 4 is 5.97 Å². The zero-order valence-corrected chi connectivity index (χ0v) is 13.1. The summed E-state index contributed by atoms with van der Waals surface area (Å²) >= 11 is 0. The third-order valence-electron chi connectivity index (χ3n) is 2.23. The summed E-state index contributed by atoms with van der Waals surface area (Å²) in [5.41, 5.74) is 1.27. The van der Waals surface area contributed by atoms with E-state index in [0.717, 1.165) is 5.56 Å². The molecule has 0 spiro atoms. The number of hydrogen-bond acceptors (Lipinski definition) is 5. The van der Waals surface area contributed by atoms with Crippen LogP contribution in [0, 0.1) is 0 Å². The van der Waals surface area contributed by atoms with Crippen LogP contribution < -0.4 is 0 Å². The maximum Gasteiger partial charge on any atom is 0.357 e. The number of pyridine rings is 1. The maximum atomic E-state index is 11.8. The van der Waals surface area contributed by atoms with E-state index in [1.807, 2.05) is 34.6 Å². The van der Waals surface area contributed by atoms with Crippen molar-refractivity contribution in [3.05, 3.63) is 42.6 Å². The van der Waals surface area contributed by atoms with Crippen LogP contribution in [0.3, 0.4) is 0 Å². The van der Waals surface area contributed by atoms with Crippen LogP contribution in [0.4, 0.5) is 0 Å². The summed E-state index contributed by atoms with van der Waals surface area (Å²) in [7, 11) is 0. The Labute approximate surface area is 125 Å². The van der Waals surface area contributed by atoms with E-state index in [2.05, 4.69) is 15.0 Å². The lowest BCUT2D eigenvalue weighted by Crippen LogP contribution is -2.24. The van der Waals surface area contributed by atoms with Crippen molar-refractivity contribution in [2.24, 2.45) is 0 Å². The number of carbonyl (C=O) groups is 1. The average Bonchev–Trinajstić information content (AvgIpc) is 2.49. The highest BCUT2D eigenvalue weighted by Crippen LogP contribution is 2.16. The monoisotopic (exact) mass is 287 g/mol. The van der Waals surface area contributed by atoms with Gasteiger partial charge in [0.15, 0.2) is 0 Å². The van der Waals surface area contributed by atoms with Crippen LogP contribution in [-0.4, -0.2) is 26.5 Å². The van der Waals surface area contributed by atoms with Crippen molar-refractivity contribution in [2.45, 2.75) is 40.2 Å². The van der Waals surface area contributed by atoms with Crippen LogP contribution in [0.25, 0.3) is 11.3 Å². The van der Waals surface area contributed by atoms with E-state index in [0.29, 0.717) is 5.69 Å². The van der Waals surface area contributed by atoms with Crippen molar-refractivity contribution in [1.82, 2.24) is 15.0 Å². The summed E-state index contributed by atoms with van der Waals surface area (Å²) in [6.07, 6.45) is 6.44. The minimum absolute atomic E-state index is 0.280. The second kappa shape index (κ2) is 7.47. The largest absolute Gasteiger partial charge is 0.455 e. The molecule has 5 heteroatoms. The predicted octanol–water partition coefficient (Wildman–Crippen LogP) is 3.52. The van der Waals surface area contributed by atoms with Gasteiger partial charge in [-0.3, -0.25) is 9.97 Å². The first kappa shape index (κ1) is 16.8. The predicted molar refractivity (Wildman–Crippen MR) is 81.8 cm³/mol. The molecule has 2 heterocycles. The minimum Gasteiger partial charge on any atom is -0.455 e. The first-order valence-electron chi connectivity index (χ1n) is 6.91. The molecule has 0 atom stereocenters. The molecule has 0 radical (unpaired) electrons. The molecule has 0 saturated heterocycles. The topological polar surface area (TPSA) is 65.0 Å². The molecule has 0 aliphatic heterocycles.